The molecule has 0 aromatic carbocycles. The first kappa shape index (κ1) is 16.4. The number of rotatable bonds is 3. The average molecular weight is 360 g/mol. The maximum Gasteiger partial charge on any atom is 0.268 e. The Bertz CT molecular complexity index is 795. The highest BCUT2D eigenvalue weighted by atomic mass is 32.1. The lowest BCUT2D eigenvalue weighted by molar-refractivity contribution is -0.0493. The predicted octanol–water partition coefficient (Wildman–Crippen LogP) is 1.90. The molecule has 132 valence electrons. The van der Waals surface area contributed by atoms with E-state index < -0.39 is 5.60 Å². The zero-order chi connectivity index (χ0) is 17.6. The molecule has 2 aromatic rings. The van der Waals surface area contributed by atoms with Gasteiger partial charge in [0.15, 0.2) is 0 Å². The molecule has 2 aliphatic heterocycles. The number of hydrogen-bond donors (Lipinski definition) is 1. The molecule has 0 saturated carbocycles. The fourth-order valence-electron chi connectivity index (χ4n) is 4.23. The number of nitrogens with zero attached hydrogens (tertiary/aromatic N) is 4. The van der Waals surface area contributed by atoms with Crippen LogP contribution in [0.1, 0.15) is 46.6 Å². The number of aryl methyl sites for hydroxylation is 1. The van der Waals surface area contributed by atoms with Crippen molar-refractivity contribution in [2.24, 2.45) is 0 Å². The number of aliphatic hydroxyl groups is 1. The summed E-state index contributed by atoms with van der Waals surface area (Å²) in [6, 6.07) is 3.67. The van der Waals surface area contributed by atoms with Gasteiger partial charge in [-0.15, -0.1) is 5.10 Å². The minimum Gasteiger partial charge on any atom is -0.481 e. The minimum atomic E-state index is -1.02. The lowest BCUT2D eigenvalue weighted by atomic mass is 9.80. The van der Waals surface area contributed by atoms with Crippen LogP contribution >= 0.6 is 11.5 Å². The van der Waals surface area contributed by atoms with E-state index in [9.17, 15) is 9.90 Å². The van der Waals surface area contributed by atoms with Gasteiger partial charge in [-0.25, -0.2) is 4.98 Å². The highest BCUT2D eigenvalue weighted by molar-refractivity contribution is 7.07. The largest absolute Gasteiger partial charge is 0.481 e. The maximum atomic E-state index is 13.0. The lowest BCUT2D eigenvalue weighted by Crippen LogP contribution is -2.52. The SMILES string of the molecule is COc1ncccc1C1(O)CC2CCC(C1)N2C(=O)c1snnc1C. The number of ether oxygens (including phenoxy) is 1. The number of carbonyl (C=O) groups is 1. The van der Waals surface area contributed by atoms with Crippen molar-refractivity contribution in [3.63, 3.8) is 0 Å². The molecule has 25 heavy (non-hydrogen) atoms. The van der Waals surface area contributed by atoms with Crippen LogP contribution in [0.2, 0.25) is 0 Å². The van der Waals surface area contributed by atoms with Gasteiger partial charge in [0.05, 0.1) is 18.4 Å². The maximum absolute atomic E-state index is 13.0. The zero-order valence-corrected chi connectivity index (χ0v) is 15.0. The highest BCUT2D eigenvalue weighted by Gasteiger charge is 2.51. The van der Waals surface area contributed by atoms with Gasteiger partial charge < -0.3 is 14.7 Å². The third-order valence-corrected chi connectivity index (χ3v) is 6.13. The molecule has 2 aromatic heterocycles. The summed E-state index contributed by atoms with van der Waals surface area (Å²) in [4.78, 5) is 19.7. The van der Waals surface area contributed by atoms with E-state index in [1.807, 2.05) is 17.0 Å². The fraction of sp³-hybridized carbons (Fsp3) is 0.529. The Kier molecular flexibility index (Phi) is 3.96. The van der Waals surface area contributed by atoms with Gasteiger partial charge in [0, 0.05) is 36.7 Å². The monoisotopic (exact) mass is 360 g/mol. The van der Waals surface area contributed by atoms with Crippen LogP contribution in [0.15, 0.2) is 18.3 Å². The Morgan fingerprint density at radius 3 is 2.72 bits per heavy atom. The van der Waals surface area contributed by atoms with Crippen molar-refractivity contribution < 1.29 is 14.6 Å². The predicted molar refractivity (Wildman–Crippen MR) is 91.5 cm³/mol. The number of hydrogen-bond acceptors (Lipinski definition) is 7. The Morgan fingerprint density at radius 1 is 1.40 bits per heavy atom. The summed E-state index contributed by atoms with van der Waals surface area (Å²) in [5.74, 6) is 0.437. The molecule has 7 nitrogen and oxygen atoms in total. The molecule has 1 N–H and O–H groups in total. The summed E-state index contributed by atoms with van der Waals surface area (Å²) >= 11 is 1.14. The molecule has 0 aliphatic carbocycles. The van der Waals surface area contributed by atoms with Crippen LogP contribution in [-0.2, 0) is 5.60 Å². The number of methoxy groups -OCH3 is 1. The van der Waals surface area contributed by atoms with Gasteiger partial charge in [-0.3, -0.25) is 4.79 Å². The van der Waals surface area contributed by atoms with Crippen LogP contribution in [0.5, 0.6) is 5.88 Å². The van der Waals surface area contributed by atoms with Gasteiger partial charge in [0.25, 0.3) is 5.91 Å². The molecule has 2 fully saturated rings. The van der Waals surface area contributed by atoms with Crippen molar-refractivity contribution in [1.82, 2.24) is 19.5 Å². The lowest BCUT2D eigenvalue weighted by Gasteiger charge is -2.44. The molecular formula is C17H20N4O3S. The third kappa shape index (κ3) is 2.60. The van der Waals surface area contributed by atoms with E-state index in [0.29, 0.717) is 34.9 Å². The number of fused-ring (bicyclic) bond motifs is 2. The quantitative estimate of drug-likeness (QED) is 0.899. The molecular weight excluding hydrogens is 340 g/mol. The topological polar surface area (TPSA) is 88.4 Å². The molecule has 1 amide bonds. The van der Waals surface area contributed by atoms with Gasteiger partial charge in [0.2, 0.25) is 5.88 Å². The van der Waals surface area contributed by atoms with Crippen molar-refractivity contribution in [2.75, 3.05) is 7.11 Å². The van der Waals surface area contributed by atoms with Crippen molar-refractivity contribution in [1.29, 1.82) is 0 Å². The van der Waals surface area contributed by atoms with Crippen molar-refractivity contribution in [2.45, 2.75) is 50.3 Å². The van der Waals surface area contributed by atoms with E-state index in [1.165, 1.54) is 0 Å². The number of pyridine rings is 1. The van der Waals surface area contributed by atoms with Crippen LogP contribution in [0, 0.1) is 6.92 Å². The number of aromatic nitrogens is 3. The van der Waals surface area contributed by atoms with Crippen molar-refractivity contribution in [3.8, 4) is 5.88 Å². The molecule has 4 rings (SSSR count). The normalized spacial score (nSPS) is 28.2. The molecule has 2 unspecified atom stereocenters. The number of amides is 1. The fourth-order valence-corrected chi connectivity index (χ4v) is 4.83. The molecule has 8 heteroatoms. The summed E-state index contributed by atoms with van der Waals surface area (Å²) in [5.41, 5.74) is 0.352. The summed E-state index contributed by atoms with van der Waals surface area (Å²) in [7, 11) is 1.56. The van der Waals surface area contributed by atoms with Crippen LogP contribution in [0.4, 0.5) is 0 Å². The summed E-state index contributed by atoms with van der Waals surface area (Å²) in [5, 5.41) is 15.3. The molecule has 2 saturated heterocycles. The second-order valence-corrected chi connectivity index (χ2v) is 7.54. The van der Waals surface area contributed by atoms with E-state index in [-0.39, 0.29) is 18.0 Å². The summed E-state index contributed by atoms with van der Waals surface area (Å²) in [6.07, 6.45) is 4.42. The summed E-state index contributed by atoms with van der Waals surface area (Å²) < 4.78 is 9.21. The first-order chi connectivity index (χ1) is 12.0. The van der Waals surface area contributed by atoms with Gasteiger partial charge in [0.1, 0.15) is 4.88 Å². The van der Waals surface area contributed by atoms with Crippen molar-refractivity contribution >= 4 is 17.4 Å². The van der Waals surface area contributed by atoms with E-state index in [2.05, 4.69) is 14.6 Å². The number of piperidine rings is 1. The highest BCUT2D eigenvalue weighted by Crippen LogP contribution is 2.48. The average Bonchev–Trinajstić information content (AvgIpc) is 3.16. The Balaban J connectivity index is 1.64. The van der Waals surface area contributed by atoms with E-state index in [1.54, 1.807) is 20.2 Å². The van der Waals surface area contributed by atoms with Crippen LogP contribution < -0.4 is 4.74 Å². The first-order valence-corrected chi connectivity index (χ1v) is 9.14. The van der Waals surface area contributed by atoms with Crippen LogP contribution in [-0.4, -0.2) is 49.7 Å². The molecule has 2 bridgehead atoms. The first-order valence-electron chi connectivity index (χ1n) is 8.37. The second kappa shape index (κ2) is 6.03. The van der Waals surface area contributed by atoms with Crippen LogP contribution in [0.25, 0.3) is 0 Å². The molecule has 2 aliphatic rings. The van der Waals surface area contributed by atoms with Crippen molar-refractivity contribution in [3.05, 3.63) is 34.5 Å². The number of carbonyl (C=O) groups excluding carboxylic acids is 1. The molecule has 2 atom stereocenters. The molecule has 0 spiro atoms. The zero-order valence-electron chi connectivity index (χ0n) is 14.2. The van der Waals surface area contributed by atoms with Gasteiger partial charge in [-0.2, -0.15) is 0 Å². The Morgan fingerprint density at radius 2 is 2.12 bits per heavy atom. The molecule has 0 radical (unpaired) electrons. The van der Waals surface area contributed by atoms with Crippen LogP contribution in [0.3, 0.4) is 0 Å². The molecule has 4 heterocycles. The smallest absolute Gasteiger partial charge is 0.268 e. The van der Waals surface area contributed by atoms with Gasteiger partial charge in [-0.05, 0) is 43.4 Å². The van der Waals surface area contributed by atoms with Gasteiger partial charge in [-0.1, -0.05) is 4.49 Å². The van der Waals surface area contributed by atoms with Gasteiger partial charge >= 0.3 is 0 Å². The second-order valence-electron chi connectivity index (χ2n) is 6.78. The standard InChI is InChI=1S/C17H20N4O3S/c1-10-14(25-20-19-10)16(22)21-11-5-6-12(21)9-17(23,8-11)13-4-3-7-18-15(13)24-2/h3-4,7,11-12,23H,5-6,8-9H2,1-2H3. The summed E-state index contributed by atoms with van der Waals surface area (Å²) in [6.45, 7) is 1.80. The third-order valence-electron chi connectivity index (χ3n) is 5.31. The van der Waals surface area contributed by atoms with E-state index >= 15 is 0 Å². The Hall–Kier alpha value is -2.06. The van der Waals surface area contributed by atoms with E-state index in [4.69, 9.17) is 4.74 Å². The Labute approximate surface area is 149 Å². The van der Waals surface area contributed by atoms with E-state index in [0.717, 1.165) is 24.4 Å². The minimum absolute atomic E-state index is 0.00247.